The molecule has 1 heterocycles. The summed E-state index contributed by atoms with van der Waals surface area (Å²) in [4.78, 5) is 0. The molecule has 0 amide bonds. The zero-order valence-electron chi connectivity index (χ0n) is 13.4. The van der Waals surface area contributed by atoms with Crippen LogP contribution in [0, 0.1) is 5.82 Å². The van der Waals surface area contributed by atoms with Crippen LogP contribution in [0.1, 0.15) is 29.7 Å². The van der Waals surface area contributed by atoms with Crippen molar-refractivity contribution in [3.63, 3.8) is 0 Å². The summed E-state index contributed by atoms with van der Waals surface area (Å²) in [6.07, 6.45) is 0.775. The van der Waals surface area contributed by atoms with E-state index >= 15 is 0 Å². The molecule has 2 aromatic rings. The van der Waals surface area contributed by atoms with Crippen LogP contribution in [0.25, 0.3) is 0 Å². The Kier molecular flexibility index (Phi) is 4.28. The molecule has 120 valence electrons. The van der Waals surface area contributed by atoms with E-state index in [0.717, 1.165) is 23.1 Å². The van der Waals surface area contributed by atoms with Crippen LogP contribution < -0.4 is 9.47 Å². The number of hydrogen-bond donors (Lipinski definition) is 0. The molecular formula is C18H19FN2O2. The van der Waals surface area contributed by atoms with Gasteiger partial charge in [-0.05, 0) is 54.3 Å². The monoisotopic (exact) mass is 314 g/mol. The molecule has 5 heteroatoms. The van der Waals surface area contributed by atoms with Crippen molar-refractivity contribution in [2.24, 2.45) is 10.2 Å². The van der Waals surface area contributed by atoms with Crippen LogP contribution in [0.4, 0.5) is 4.39 Å². The van der Waals surface area contributed by atoms with Gasteiger partial charge in [-0.1, -0.05) is 12.1 Å². The molecule has 1 unspecified atom stereocenters. The standard InChI is InChI=1S/C18H19FN2O2/c1-11-8-13-9-16(22-2)17(23-3)10-15(13)18(21-20-11)12-4-6-14(19)7-5-12/h4-7,9-11,18H,8H2,1-3H3/t11-,18?/m1/s1. The first-order valence-corrected chi connectivity index (χ1v) is 7.52. The third kappa shape index (κ3) is 3.04. The lowest BCUT2D eigenvalue weighted by molar-refractivity contribution is 0.354. The van der Waals surface area contributed by atoms with E-state index in [-0.39, 0.29) is 17.9 Å². The Morgan fingerprint density at radius 1 is 1.00 bits per heavy atom. The maximum Gasteiger partial charge on any atom is 0.161 e. The second kappa shape index (κ2) is 6.36. The van der Waals surface area contributed by atoms with Crippen LogP contribution in [0.15, 0.2) is 46.6 Å². The van der Waals surface area contributed by atoms with Gasteiger partial charge in [-0.25, -0.2) is 4.39 Å². The minimum atomic E-state index is -0.268. The number of rotatable bonds is 3. The third-order valence-corrected chi connectivity index (χ3v) is 4.02. The van der Waals surface area contributed by atoms with Crippen molar-refractivity contribution < 1.29 is 13.9 Å². The van der Waals surface area contributed by atoms with Crippen LogP contribution in [-0.4, -0.2) is 20.3 Å². The highest BCUT2D eigenvalue weighted by Crippen LogP contribution is 2.39. The molecule has 0 N–H and O–H groups in total. The van der Waals surface area contributed by atoms with Crippen molar-refractivity contribution in [3.05, 3.63) is 58.9 Å². The average Bonchev–Trinajstić information content (AvgIpc) is 2.72. The Morgan fingerprint density at radius 3 is 2.30 bits per heavy atom. The molecule has 0 saturated carbocycles. The number of benzene rings is 2. The number of fused-ring (bicyclic) bond motifs is 1. The van der Waals surface area contributed by atoms with Crippen molar-refractivity contribution in [2.45, 2.75) is 25.4 Å². The Balaban J connectivity index is 2.15. The zero-order chi connectivity index (χ0) is 16.4. The highest BCUT2D eigenvalue weighted by molar-refractivity contribution is 5.51. The summed E-state index contributed by atoms with van der Waals surface area (Å²) in [5.74, 6) is 1.08. The largest absolute Gasteiger partial charge is 0.493 e. The quantitative estimate of drug-likeness (QED) is 0.846. The molecule has 0 fully saturated rings. The Morgan fingerprint density at radius 2 is 1.65 bits per heavy atom. The van der Waals surface area contributed by atoms with Gasteiger partial charge in [0, 0.05) is 0 Å². The van der Waals surface area contributed by atoms with Gasteiger partial charge in [0.2, 0.25) is 0 Å². The van der Waals surface area contributed by atoms with E-state index in [2.05, 4.69) is 10.2 Å². The summed E-state index contributed by atoms with van der Waals surface area (Å²) in [5.41, 5.74) is 3.04. The summed E-state index contributed by atoms with van der Waals surface area (Å²) < 4.78 is 24.0. The summed E-state index contributed by atoms with van der Waals surface area (Å²) >= 11 is 0. The maximum atomic E-state index is 13.2. The summed E-state index contributed by atoms with van der Waals surface area (Å²) in [6.45, 7) is 2.02. The Bertz CT molecular complexity index is 729. The number of hydrogen-bond acceptors (Lipinski definition) is 4. The highest BCUT2D eigenvalue weighted by Gasteiger charge is 2.24. The normalized spacial score (nSPS) is 19.8. The summed E-state index contributed by atoms with van der Waals surface area (Å²) in [5, 5.41) is 8.86. The van der Waals surface area contributed by atoms with Crippen molar-refractivity contribution in [1.82, 2.24) is 0 Å². The Labute approximate surface area is 135 Å². The van der Waals surface area contributed by atoms with Crippen LogP contribution in [-0.2, 0) is 6.42 Å². The molecule has 23 heavy (non-hydrogen) atoms. The Hall–Kier alpha value is -2.43. The van der Waals surface area contributed by atoms with Crippen molar-refractivity contribution in [1.29, 1.82) is 0 Å². The summed E-state index contributed by atoms with van der Waals surface area (Å²) in [6, 6.07) is 10.1. The van der Waals surface area contributed by atoms with E-state index in [1.807, 2.05) is 19.1 Å². The third-order valence-electron chi connectivity index (χ3n) is 4.02. The van der Waals surface area contributed by atoms with E-state index in [4.69, 9.17) is 9.47 Å². The maximum absolute atomic E-state index is 13.2. The highest BCUT2D eigenvalue weighted by atomic mass is 19.1. The first-order valence-electron chi connectivity index (χ1n) is 7.52. The van der Waals surface area contributed by atoms with Crippen LogP contribution >= 0.6 is 0 Å². The van der Waals surface area contributed by atoms with Crippen molar-refractivity contribution in [2.75, 3.05) is 14.2 Å². The topological polar surface area (TPSA) is 43.2 Å². The minimum Gasteiger partial charge on any atom is -0.493 e. The van der Waals surface area contributed by atoms with Gasteiger partial charge < -0.3 is 9.47 Å². The zero-order valence-corrected chi connectivity index (χ0v) is 13.4. The van der Waals surface area contributed by atoms with E-state index in [0.29, 0.717) is 11.5 Å². The molecule has 0 spiro atoms. The van der Waals surface area contributed by atoms with Crippen LogP contribution in [0.2, 0.25) is 0 Å². The lowest BCUT2D eigenvalue weighted by atomic mass is 9.92. The molecule has 4 nitrogen and oxygen atoms in total. The van der Waals surface area contributed by atoms with Gasteiger partial charge in [-0.3, -0.25) is 0 Å². The van der Waals surface area contributed by atoms with Gasteiger partial charge in [0.1, 0.15) is 11.9 Å². The molecule has 0 saturated heterocycles. The average molecular weight is 314 g/mol. The van der Waals surface area contributed by atoms with E-state index in [9.17, 15) is 4.39 Å². The molecule has 2 atom stereocenters. The molecule has 0 bridgehead atoms. The van der Waals surface area contributed by atoms with Crippen LogP contribution in [0.5, 0.6) is 11.5 Å². The van der Waals surface area contributed by atoms with E-state index < -0.39 is 0 Å². The molecular weight excluding hydrogens is 295 g/mol. The van der Waals surface area contributed by atoms with Gasteiger partial charge in [0.05, 0.1) is 20.3 Å². The second-order valence-electron chi connectivity index (χ2n) is 5.64. The van der Waals surface area contributed by atoms with Gasteiger partial charge in [-0.15, -0.1) is 0 Å². The fourth-order valence-corrected chi connectivity index (χ4v) is 2.86. The van der Waals surface area contributed by atoms with Gasteiger partial charge in [0.25, 0.3) is 0 Å². The minimum absolute atomic E-state index is 0.0808. The second-order valence-corrected chi connectivity index (χ2v) is 5.64. The SMILES string of the molecule is COc1cc2c(cc1OC)C(c1ccc(F)cc1)N=N[C@H](C)C2. The van der Waals surface area contributed by atoms with E-state index in [1.165, 1.54) is 12.1 Å². The number of nitrogens with zero attached hydrogens (tertiary/aromatic N) is 2. The number of azo groups is 1. The first kappa shape index (κ1) is 15.5. The molecule has 0 aliphatic carbocycles. The number of ether oxygens (including phenoxy) is 2. The first-order chi connectivity index (χ1) is 11.1. The molecule has 0 radical (unpaired) electrons. The molecule has 2 aromatic carbocycles. The van der Waals surface area contributed by atoms with E-state index in [1.54, 1.807) is 26.4 Å². The van der Waals surface area contributed by atoms with Crippen molar-refractivity contribution >= 4 is 0 Å². The fourth-order valence-electron chi connectivity index (χ4n) is 2.86. The molecule has 1 aliphatic rings. The summed E-state index contributed by atoms with van der Waals surface area (Å²) in [7, 11) is 3.23. The fraction of sp³-hybridized carbons (Fsp3) is 0.333. The van der Waals surface area contributed by atoms with Gasteiger partial charge >= 0.3 is 0 Å². The molecule has 1 aliphatic heterocycles. The molecule has 3 rings (SSSR count). The predicted octanol–water partition coefficient (Wildman–Crippen LogP) is 4.33. The number of methoxy groups -OCH3 is 2. The molecule has 0 aromatic heterocycles. The van der Waals surface area contributed by atoms with Crippen molar-refractivity contribution in [3.8, 4) is 11.5 Å². The van der Waals surface area contributed by atoms with Crippen LogP contribution in [0.3, 0.4) is 0 Å². The van der Waals surface area contributed by atoms with Gasteiger partial charge in [-0.2, -0.15) is 10.2 Å². The smallest absolute Gasteiger partial charge is 0.161 e. The van der Waals surface area contributed by atoms with Gasteiger partial charge in [0.15, 0.2) is 11.5 Å². The lowest BCUT2D eigenvalue weighted by Gasteiger charge is -2.18. The lowest BCUT2D eigenvalue weighted by Crippen LogP contribution is -2.05. The number of halogens is 1. The predicted molar refractivity (Wildman–Crippen MR) is 85.8 cm³/mol.